The Morgan fingerprint density at radius 1 is 1.50 bits per heavy atom. The quantitative estimate of drug-likeness (QED) is 0.810. The molecule has 1 saturated heterocycles. The van der Waals surface area contributed by atoms with E-state index in [0.29, 0.717) is 5.69 Å². The van der Waals surface area contributed by atoms with Crippen molar-refractivity contribution in [1.82, 2.24) is 0 Å². The molecule has 0 aliphatic carbocycles. The Balaban J connectivity index is 2.22. The maximum atomic E-state index is 12.0. The minimum Gasteiger partial charge on any atom is -0.465 e. The molecule has 2 N–H and O–H groups in total. The topological polar surface area (TPSA) is 107 Å². The summed E-state index contributed by atoms with van der Waals surface area (Å²) in [4.78, 5) is 24.9. The number of carbonyl (C=O) groups is 2. The molecule has 7 nitrogen and oxygen atoms in total. The fourth-order valence-corrected chi connectivity index (χ4v) is 3.59. The number of sulfonamides is 1. The fourth-order valence-electron chi connectivity index (χ4n) is 2.43. The van der Waals surface area contributed by atoms with Gasteiger partial charge in [0.05, 0.1) is 29.1 Å². The first kappa shape index (κ1) is 16.7. The molecule has 0 spiro atoms. The SMILES string of the molecule is COC(=O)c1ccc(N2CC(CS(N)(=O)=O)CC2=O)c(Cl)c1. The third-order valence-corrected chi connectivity index (χ3v) is 4.57. The number of benzene rings is 1. The van der Waals surface area contributed by atoms with Crippen LogP contribution in [0.25, 0.3) is 0 Å². The van der Waals surface area contributed by atoms with E-state index in [1.165, 1.54) is 30.2 Å². The van der Waals surface area contributed by atoms with Gasteiger partial charge in [-0.15, -0.1) is 0 Å². The summed E-state index contributed by atoms with van der Waals surface area (Å²) in [5.74, 6) is -1.40. The van der Waals surface area contributed by atoms with Crippen LogP contribution in [-0.4, -0.2) is 39.7 Å². The number of ether oxygens (including phenoxy) is 1. The van der Waals surface area contributed by atoms with Crippen molar-refractivity contribution in [1.29, 1.82) is 0 Å². The van der Waals surface area contributed by atoms with Crippen molar-refractivity contribution in [2.75, 3.05) is 24.3 Å². The second kappa shape index (κ2) is 6.23. The average molecular weight is 347 g/mol. The predicted octanol–water partition coefficient (Wildman–Crippen LogP) is 0.768. The van der Waals surface area contributed by atoms with Crippen LogP contribution in [0.2, 0.25) is 5.02 Å². The van der Waals surface area contributed by atoms with Crippen LogP contribution < -0.4 is 10.0 Å². The van der Waals surface area contributed by atoms with Crippen molar-refractivity contribution < 1.29 is 22.7 Å². The van der Waals surface area contributed by atoms with E-state index in [0.717, 1.165) is 0 Å². The van der Waals surface area contributed by atoms with Crippen molar-refractivity contribution in [2.45, 2.75) is 6.42 Å². The second-order valence-corrected chi connectivity index (χ2v) is 7.13. The Morgan fingerprint density at radius 2 is 2.18 bits per heavy atom. The Kier molecular flexibility index (Phi) is 4.74. The Bertz CT molecular complexity index is 719. The van der Waals surface area contributed by atoms with Crippen LogP contribution in [0.5, 0.6) is 0 Å². The van der Waals surface area contributed by atoms with Gasteiger partial charge in [0.2, 0.25) is 15.9 Å². The molecular formula is C13H15ClN2O5S. The number of halogens is 1. The van der Waals surface area contributed by atoms with Gasteiger partial charge in [0.15, 0.2) is 0 Å². The molecule has 1 aromatic rings. The lowest BCUT2D eigenvalue weighted by Crippen LogP contribution is -2.27. The van der Waals surface area contributed by atoms with Gasteiger partial charge in [-0.05, 0) is 18.2 Å². The largest absolute Gasteiger partial charge is 0.465 e. The molecule has 1 fully saturated rings. The van der Waals surface area contributed by atoms with E-state index in [2.05, 4.69) is 4.74 Å². The number of primary sulfonamides is 1. The zero-order chi connectivity index (χ0) is 16.5. The summed E-state index contributed by atoms with van der Waals surface area (Å²) in [5.41, 5.74) is 0.695. The highest BCUT2D eigenvalue weighted by molar-refractivity contribution is 7.89. The monoisotopic (exact) mass is 346 g/mol. The molecule has 120 valence electrons. The number of amides is 1. The summed E-state index contributed by atoms with van der Waals surface area (Å²) in [7, 11) is -2.39. The third-order valence-electron chi connectivity index (χ3n) is 3.33. The smallest absolute Gasteiger partial charge is 0.337 e. The zero-order valence-electron chi connectivity index (χ0n) is 11.8. The highest BCUT2D eigenvalue weighted by Crippen LogP contribution is 2.32. The Morgan fingerprint density at radius 3 is 2.73 bits per heavy atom. The van der Waals surface area contributed by atoms with E-state index in [9.17, 15) is 18.0 Å². The number of esters is 1. The molecule has 1 aliphatic heterocycles. The van der Waals surface area contributed by atoms with Gasteiger partial charge in [0.1, 0.15) is 0 Å². The number of nitrogens with two attached hydrogens (primary N) is 1. The van der Waals surface area contributed by atoms with Crippen LogP contribution in [0.4, 0.5) is 5.69 Å². The van der Waals surface area contributed by atoms with Crippen LogP contribution in [0.1, 0.15) is 16.8 Å². The van der Waals surface area contributed by atoms with Crippen molar-refractivity contribution in [3.63, 3.8) is 0 Å². The van der Waals surface area contributed by atoms with Gasteiger partial charge in [-0.1, -0.05) is 11.6 Å². The standard InChI is InChI=1S/C13H15ClN2O5S/c1-21-13(18)9-2-3-11(10(14)5-9)16-6-8(4-12(16)17)7-22(15,19)20/h2-3,5,8H,4,6-7H2,1H3,(H2,15,19,20). The summed E-state index contributed by atoms with van der Waals surface area (Å²) in [5, 5.41) is 5.22. The molecule has 0 radical (unpaired) electrons. The molecule has 0 aromatic heterocycles. The van der Waals surface area contributed by atoms with E-state index in [1.807, 2.05) is 0 Å². The number of nitrogens with zero attached hydrogens (tertiary/aromatic N) is 1. The van der Waals surface area contributed by atoms with Gasteiger partial charge in [-0.3, -0.25) is 4.79 Å². The molecule has 1 aromatic carbocycles. The maximum absolute atomic E-state index is 12.0. The molecule has 22 heavy (non-hydrogen) atoms. The molecular weight excluding hydrogens is 332 g/mol. The number of methoxy groups -OCH3 is 1. The van der Waals surface area contributed by atoms with Crippen molar-refractivity contribution in [3.8, 4) is 0 Å². The highest BCUT2D eigenvalue weighted by Gasteiger charge is 2.33. The summed E-state index contributed by atoms with van der Waals surface area (Å²) in [6.07, 6.45) is 0.0888. The molecule has 1 unspecified atom stereocenters. The molecule has 1 heterocycles. The summed E-state index contributed by atoms with van der Waals surface area (Å²) in [6.45, 7) is 0.215. The third kappa shape index (κ3) is 3.76. The van der Waals surface area contributed by atoms with E-state index in [-0.39, 0.29) is 41.1 Å². The second-order valence-electron chi connectivity index (χ2n) is 5.06. The first-order valence-electron chi connectivity index (χ1n) is 6.40. The van der Waals surface area contributed by atoms with Gasteiger partial charge in [0, 0.05) is 18.9 Å². The molecule has 1 atom stereocenters. The summed E-state index contributed by atoms with van der Waals surface area (Å²) < 4.78 is 26.8. The molecule has 1 aliphatic rings. The summed E-state index contributed by atoms with van der Waals surface area (Å²) >= 11 is 6.11. The number of hydrogen-bond acceptors (Lipinski definition) is 5. The number of rotatable bonds is 4. The lowest BCUT2D eigenvalue weighted by molar-refractivity contribution is -0.117. The predicted molar refractivity (Wildman–Crippen MR) is 81.2 cm³/mol. The van der Waals surface area contributed by atoms with E-state index >= 15 is 0 Å². The van der Waals surface area contributed by atoms with Crippen molar-refractivity contribution in [3.05, 3.63) is 28.8 Å². The van der Waals surface area contributed by atoms with Gasteiger partial charge in [-0.25, -0.2) is 18.4 Å². The van der Waals surface area contributed by atoms with Crippen LogP contribution >= 0.6 is 11.6 Å². The van der Waals surface area contributed by atoms with Crippen molar-refractivity contribution in [2.24, 2.45) is 11.1 Å². The fraction of sp³-hybridized carbons (Fsp3) is 0.385. The minimum absolute atomic E-state index is 0.0888. The van der Waals surface area contributed by atoms with E-state index in [1.54, 1.807) is 0 Å². The lowest BCUT2D eigenvalue weighted by Gasteiger charge is -2.18. The molecule has 0 bridgehead atoms. The average Bonchev–Trinajstić information content (AvgIpc) is 2.76. The zero-order valence-corrected chi connectivity index (χ0v) is 13.4. The number of hydrogen-bond donors (Lipinski definition) is 1. The summed E-state index contributed by atoms with van der Waals surface area (Å²) in [6, 6.07) is 4.43. The van der Waals surface area contributed by atoms with Crippen LogP contribution in [0.15, 0.2) is 18.2 Å². The van der Waals surface area contributed by atoms with Gasteiger partial charge in [0.25, 0.3) is 0 Å². The molecule has 2 rings (SSSR count). The number of anilines is 1. The normalized spacial score (nSPS) is 18.6. The Hall–Kier alpha value is -1.64. The van der Waals surface area contributed by atoms with Gasteiger partial charge in [-0.2, -0.15) is 0 Å². The van der Waals surface area contributed by atoms with Gasteiger partial charge < -0.3 is 9.64 Å². The minimum atomic E-state index is -3.64. The Labute approximate surface area is 133 Å². The van der Waals surface area contributed by atoms with Crippen LogP contribution in [-0.2, 0) is 19.6 Å². The molecule has 9 heteroatoms. The van der Waals surface area contributed by atoms with Crippen LogP contribution in [0.3, 0.4) is 0 Å². The first-order chi connectivity index (χ1) is 10.2. The first-order valence-corrected chi connectivity index (χ1v) is 8.49. The molecule has 0 saturated carbocycles. The number of carbonyl (C=O) groups excluding carboxylic acids is 2. The van der Waals surface area contributed by atoms with Gasteiger partial charge >= 0.3 is 5.97 Å². The van der Waals surface area contributed by atoms with Crippen molar-refractivity contribution >= 4 is 39.2 Å². The van der Waals surface area contributed by atoms with E-state index < -0.39 is 16.0 Å². The molecule has 1 amide bonds. The lowest BCUT2D eigenvalue weighted by atomic mass is 10.1. The van der Waals surface area contributed by atoms with E-state index in [4.69, 9.17) is 16.7 Å². The highest BCUT2D eigenvalue weighted by atomic mass is 35.5. The maximum Gasteiger partial charge on any atom is 0.337 e. The van der Waals surface area contributed by atoms with Crippen LogP contribution in [0, 0.1) is 5.92 Å².